The van der Waals surface area contributed by atoms with Crippen molar-refractivity contribution in [3.63, 3.8) is 0 Å². The fourth-order valence-electron chi connectivity index (χ4n) is 2.20. The molecule has 0 bridgehead atoms. The van der Waals surface area contributed by atoms with Gasteiger partial charge >= 0.3 is 0 Å². The number of hydrogen-bond donors (Lipinski definition) is 1. The predicted octanol–water partition coefficient (Wildman–Crippen LogP) is 3.38. The highest BCUT2D eigenvalue weighted by Crippen LogP contribution is 2.20. The Labute approximate surface area is 112 Å². The van der Waals surface area contributed by atoms with Crippen molar-refractivity contribution in [1.82, 2.24) is 10.3 Å². The summed E-state index contributed by atoms with van der Waals surface area (Å²) in [6, 6.07) is 5.23. The lowest BCUT2D eigenvalue weighted by Crippen LogP contribution is -2.33. The van der Waals surface area contributed by atoms with Crippen molar-refractivity contribution < 1.29 is 0 Å². The molecule has 0 aromatic carbocycles. The van der Waals surface area contributed by atoms with Gasteiger partial charge in [0.25, 0.3) is 0 Å². The van der Waals surface area contributed by atoms with Gasteiger partial charge in [0.05, 0.1) is 0 Å². The topological polar surface area (TPSA) is 28.2 Å². The maximum absolute atomic E-state index is 4.52. The number of hydrogen-bond acceptors (Lipinski definition) is 3. The number of nitrogens with zero attached hydrogens (tertiary/aromatic N) is 2. The van der Waals surface area contributed by atoms with Crippen LogP contribution >= 0.6 is 0 Å². The SMILES string of the molecule is CCNC(C)c1ccnc(N(CC)C(C)CC)c1. The molecule has 1 rings (SSSR count). The molecule has 1 aromatic heterocycles. The highest BCUT2D eigenvalue weighted by Gasteiger charge is 2.13. The first-order valence-corrected chi connectivity index (χ1v) is 7.09. The van der Waals surface area contributed by atoms with E-state index in [0.29, 0.717) is 12.1 Å². The van der Waals surface area contributed by atoms with Gasteiger partial charge in [0.2, 0.25) is 0 Å². The first-order valence-electron chi connectivity index (χ1n) is 7.09. The maximum atomic E-state index is 4.52. The second-order valence-corrected chi connectivity index (χ2v) is 4.77. The van der Waals surface area contributed by atoms with Crippen LogP contribution in [0.3, 0.4) is 0 Å². The molecule has 0 aliphatic carbocycles. The number of rotatable bonds is 7. The van der Waals surface area contributed by atoms with Crippen molar-refractivity contribution in [1.29, 1.82) is 0 Å². The zero-order valence-corrected chi connectivity index (χ0v) is 12.4. The smallest absolute Gasteiger partial charge is 0.129 e. The molecule has 0 saturated carbocycles. The van der Waals surface area contributed by atoms with Crippen molar-refractivity contribution in [2.24, 2.45) is 0 Å². The lowest BCUT2D eigenvalue weighted by Gasteiger charge is -2.29. The molecule has 0 aliphatic rings. The van der Waals surface area contributed by atoms with Crippen LogP contribution in [0, 0.1) is 0 Å². The largest absolute Gasteiger partial charge is 0.354 e. The molecule has 102 valence electrons. The van der Waals surface area contributed by atoms with Crippen molar-refractivity contribution in [3.8, 4) is 0 Å². The van der Waals surface area contributed by atoms with Crippen molar-refractivity contribution in [2.75, 3.05) is 18.0 Å². The van der Waals surface area contributed by atoms with Crippen LogP contribution in [0.1, 0.15) is 52.6 Å². The van der Waals surface area contributed by atoms with Gasteiger partial charge in [-0.25, -0.2) is 4.98 Å². The molecule has 0 spiro atoms. The minimum atomic E-state index is 0.382. The molecule has 0 radical (unpaired) electrons. The number of aromatic nitrogens is 1. The monoisotopic (exact) mass is 249 g/mol. The summed E-state index contributed by atoms with van der Waals surface area (Å²) in [5, 5.41) is 3.44. The quantitative estimate of drug-likeness (QED) is 0.803. The van der Waals surface area contributed by atoms with Gasteiger partial charge in [-0.2, -0.15) is 0 Å². The molecule has 3 nitrogen and oxygen atoms in total. The standard InChI is InChI=1S/C15H27N3/c1-6-12(4)18(8-3)15-11-14(9-10-17-15)13(5)16-7-2/h9-13,16H,6-8H2,1-5H3. The molecule has 3 heteroatoms. The number of anilines is 1. The van der Waals surface area contributed by atoms with Gasteiger partial charge in [0.1, 0.15) is 5.82 Å². The fraction of sp³-hybridized carbons (Fsp3) is 0.667. The van der Waals surface area contributed by atoms with Gasteiger partial charge in [-0.1, -0.05) is 13.8 Å². The summed E-state index contributed by atoms with van der Waals surface area (Å²) >= 11 is 0. The van der Waals surface area contributed by atoms with E-state index in [-0.39, 0.29) is 0 Å². The van der Waals surface area contributed by atoms with E-state index >= 15 is 0 Å². The minimum Gasteiger partial charge on any atom is -0.354 e. The van der Waals surface area contributed by atoms with E-state index in [4.69, 9.17) is 0 Å². The molecule has 18 heavy (non-hydrogen) atoms. The zero-order valence-electron chi connectivity index (χ0n) is 12.4. The van der Waals surface area contributed by atoms with Crippen molar-refractivity contribution in [2.45, 2.75) is 53.1 Å². The van der Waals surface area contributed by atoms with Crippen LogP contribution in [0.15, 0.2) is 18.3 Å². The molecule has 0 fully saturated rings. The summed E-state index contributed by atoms with van der Waals surface area (Å²) < 4.78 is 0. The van der Waals surface area contributed by atoms with Gasteiger partial charge in [0, 0.05) is 24.8 Å². The van der Waals surface area contributed by atoms with Gasteiger partial charge in [-0.05, 0) is 51.4 Å². The van der Waals surface area contributed by atoms with Crippen LogP contribution < -0.4 is 10.2 Å². The lowest BCUT2D eigenvalue weighted by molar-refractivity contribution is 0.593. The minimum absolute atomic E-state index is 0.382. The zero-order chi connectivity index (χ0) is 13.5. The summed E-state index contributed by atoms with van der Waals surface area (Å²) in [6.45, 7) is 13.0. The molecule has 0 aliphatic heterocycles. The second kappa shape index (κ2) is 7.37. The Morgan fingerprint density at radius 2 is 2.00 bits per heavy atom. The fourth-order valence-corrected chi connectivity index (χ4v) is 2.20. The summed E-state index contributed by atoms with van der Waals surface area (Å²) in [7, 11) is 0. The molecule has 1 heterocycles. The summed E-state index contributed by atoms with van der Waals surface area (Å²) in [6.07, 6.45) is 3.06. The van der Waals surface area contributed by atoms with E-state index in [9.17, 15) is 0 Å². The molecule has 1 aromatic rings. The van der Waals surface area contributed by atoms with E-state index in [2.05, 4.69) is 62.0 Å². The lowest BCUT2D eigenvalue weighted by atomic mass is 10.1. The molecule has 2 unspecified atom stereocenters. The van der Waals surface area contributed by atoms with Gasteiger partial charge < -0.3 is 10.2 Å². The van der Waals surface area contributed by atoms with Gasteiger partial charge in [-0.3, -0.25) is 0 Å². The van der Waals surface area contributed by atoms with Crippen molar-refractivity contribution in [3.05, 3.63) is 23.9 Å². The Morgan fingerprint density at radius 1 is 1.28 bits per heavy atom. The van der Waals surface area contributed by atoms with E-state index < -0.39 is 0 Å². The summed E-state index contributed by atoms with van der Waals surface area (Å²) in [5.74, 6) is 1.09. The molecule has 1 N–H and O–H groups in total. The highest BCUT2D eigenvalue weighted by atomic mass is 15.2. The molecule has 0 saturated heterocycles. The Kier molecular flexibility index (Phi) is 6.13. The third-order valence-corrected chi connectivity index (χ3v) is 3.54. The van der Waals surface area contributed by atoms with Crippen LogP contribution in [0.25, 0.3) is 0 Å². The van der Waals surface area contributed by atoms with Crippen LogP contribution in [0.4, 0.5) is 5.82 Å². The van der Waals surface area contributed by atoms with Crippen LogP contribution in [-0.4, -0.2) is 24.1 Å². The van der Waals surface area contributed by atoms with E-state index in [1.54, 1.807) is 0 Å². The number of pyridine rings is 1. The number of nitrogens with one attached hydrogen (secondary N) is 1. The Bertz CT molecular complexity index is 351. The summed E-state index contributed by atoms with van der Waals surface area (Å²) in [5.41, 5.74) is 1.31. The molecule has 2 atom stereocenters. The van der Waals surface area contributed by atoms with Gasteiger partial charge in [0.15, 0.2) is 0 Å². The highest BCUT2D eigenvalue weighted by molar-refractivity contribution is 5.42. The molecule has 0 amide bonds. The molecular weight excluding hydrogens is 222 g/mol. The van der Waals surface area contributed by atoms with Crippen LogP contribution in [0.5, 0.6) is 0 Å². The van der Waals surface area contributed by atoms with E-state index in [0.717, 1.165) is 25.3 Å². The van der Waals surface area contributed by atoms with Gasteiger partial charge in [-0.15, -0.1) is 0 Å². The first-order chi connectivity index (χ1) is 8.63. The van der Waals surface area contributed by atoms with E-state index in [1.807, 2.05) is 6.20 Å². The Hall–Kier alpha value is -1.09. The Balaban J connectivity index is 2.92. The maximum Gasteiger partial charge on any atom is 0.129 e. The average molecular weight is 249 g/mol. The normalized spacial score (nSPS) is 14.3. The average Bonchev–Trinajstić information content (AvgIpc) is 2.40. The first kappa shape index (κ1) is 15.0. The van der Waals surface area contributed by atoms with Crippen molar-refractivity contribution >= 4 is 5.82 Å². The molecular formula is C15H27N3. The van der Waals surface area contributed by atoms with Crippen LogP contribution in [0.2, 0.25) is 0 Å². The second-order valence-electron chi connectivity index (χ2n) is 4.77. The summed E-state index contributed by atoms with van der Waals surface area (Å²) in [4.78, 5) is 6.88. The third-order valence-electron chi connectivity index (χ3n) is 3.54. The van der Waals surface area contributed by atoms with Crippen LogP contribution in [-0.2, 0) is 0 Å². The predicted molar refractivity (Wildman–Crippen MR) is 79.1 cm³/mol. The van der Waals surface area contributed by atoms with E-state index in [1.165, 1.54) is 5.56 Å². The third kappa shape index (κ3) is 3.70. The Morgan fingerprint density at radius 3 is 2.56 bits per heavy atom.